The second kappa shape index (κ2) is 8.61. The number of nitrogens with zero attached hydrogens (tertiary/aromatic N) is 2. The molecular weight excluding hydrogens is 354 g/mol. The fraction of sp³-hybridized carbons (Fsp3) is 0.455. The number of carbonyl (C=O) groups is 1. The van der Waals surface area contributed by atoms with Gasteiger partial charge >= 0.3 is 0 Å². The summed E-state index contributed by atoms with van der Waals surface area (Å²) in [6.45, 7) is 11.4. The van der Waals surface area contributed by atoms with E-state index in [0.29, 0.717) is 11.6 Å². The summed E-state index contributed by atoms with van der Waals surface area (Å²) in [6, 6.07) is 11.6. The highest BCUT2D eigenvalue weighted by Gasteiger charge is 2.18. The number of aromatic nitrogens is 1. The van der Waals surface area contributed by atoms with Crippen molar-refractivity contribution < 1.29 is 14.3 Å². The summed E-state index contributed by atoms with van der Waals surface area (Å²) >= 11 is 0. The third-order valence-corrected chi connectivity index (χ3v) is 4.78. The van der Waals surface area contributed by atoms with E-state index in [1.165, 1.54) is 5.56 Å². The first-order valence-corrected chi connectivity index (χ1v) is 9.70. The molecule has 0 saturated carbocycles. The van der Waals surface area contributed by atoms with E-state index in [-0.39, 0.29) is 11.3 Å². The predicted octanol–water partition coefficient (Wildman–Crippen LogP) is 3.62. The highest BCUT2D eigenvalue weighted by Crippen LogP contribution is 2.25. The van der Waals surface area contributed by atoms with Crippen molar-refractivity contribution in [2.75, 3.05) is 36.5 Å². The molecule has 1 N–H and O–H groups in total. The molecule has 0 bridgehead atoms. The number of nitrogens with one attached hydrogen (secondary N) is 1. The molecule has 150 valence electrons. The highest BCUT2D eigenvalue weighted by molar-refractivity contribution is 5.93. The number of rotatable bonds is 5. The number of benzene rings is 1. The Morgan fingerprint density at radius 3 is 2.39 bits per heavy atom. The van der Waals surface area contributed by atoms with Crippen LogP contribution in [0, 0.1) is 0 Å². The van der Waals surface area contributed by atoms with Crippen molar-refractivity contribution in [3.05, 3.63) is 48.2 Å². The number of morpholine rings is 1. The Morgan fingerprint density at radius 2 is 1.82 bits per heavy atom. The van der Waals surface area contributed by atoms with Crippen LogP contribution in [-0.2, 0) is 14.9 Å². The molecular formula is C22H29N3O3. The van der Waals surface area contributed by atoms with E-state index >= 15 is 0 Å². The first-order valence-electron chi connectivity index (χ1n) is 9.70. The molecule has 1 aliphatic heterocycles. The van der Waals surface area contributed by atoms with Crippen LogP contribution in [0.3, 0.4) is 0 Å². The molecule has 0 spiro atoms. The molecule has 1 aromatic heterocycles. The minimum Gasteiger partial charge on any atom is -0.481 e. The van der Waals surface area contributed by atoms with Crippen LogP contribution in [0.1, 0.15) is 33.3 Å². The number of hydrogen-bond acceptors (Lipinski definition) is 5. The number of pyridine rings is 1. The van der Waals surface area contributed by atoms with Gasteiger partial charge in [-0.05, 0) is 42.2 Å². The van der Waals surface area contributed by atoms with Crippen molar-refractivity contribution in [3.63, 3.8) is 0 Å². The van der Waals surface area contributed by atoms with Crippen molar-refractivity contribution in [2.24, 2.45) is 0 Å². The molecule has 0 aliphatic carbocycles. The van der Waals surface area contributed by atoms with Crippen LogP contribution in [0.2, 0.25) is 0 Å². The zero-order valence-electron chi connectivity index (χ0n) is 17.1. The van der Waals surface area contributed by atoms with Crippen molar-refractivity contribution >= 4 is 17.4 Å². The second-order valence-corrected chi connectivity index (χ2v) is 8.02. The van der Waals surface area contributed by atoms with Crippen LogP contribution in [0.15, 0.2) is 42.6 Å². The van der Waals surface area contributed by atoms with Crippen molar-refractivity contribution in [2.45, 2.75) is 39.2 Å². The Hall–Kier alpha value is -2.60. The number of amides is 1. The first kappa shape index (κ1) is 20.1. The maximum Gasteiger partial charge on any atom is 0.266 e. The second-order valence-electron chi connectivity index (χ2n) is 8.02. The summed E-state index contributed by atoms with van der Waals surface area (Å²) in [5, 5.41) is 2.81. The molecule has 1 fully saturated rings. The normalized spacial score (nSPS) is 15.8. The monoisotopic (exact) mass is 383 g/mol. The molecule has 2 heterocycles. The van der Waals surface area contributed by atoms with E-state index in [1.807, 2.05) is 36.4 Å². The first-order chi connectivity index (χ1) is 13.3. The zero-order valence-corrected chi connectivity index (χ0v) is 17.1. The Bertz CT molecular complexity index is 776. The van der Waals surface area contributed by atoms with Gasteiger partial charge < -0.3 is 19.7 Å². The Labute approximate surface area is 166 Å². The van der Waals surface area contributed by atoms with Gasteiger partial charge in [-0.2, -0.15) is 0 Å². The molecule has 28 heavy (non-hydrogen) atoms. The van der Waals surface area contributed by atoms with E-state index in [9.17, 15) is 4.79 Å². The summed E-state index contributed by atoms with van der Waals surface area (Å²) in [7, 11) is 0. The third kappa shape index (κ3) is 5.23. The molecule has 6 heteroatoms. The summed E-state index contributed by atoms with van der Waals surface area (Å²) in [4.78, 5) is 19.0. The fourth-order valence-electron chi connectivity index (χ4n) is 2.99. The van der Waals surface area contributed by atoms with E-state index in [1.54, 1.807) is 13.1 Å². The van der Waals surface area contributed by atoms with Crippen LogP contribution in [0.5, 0.6) is 5.75 Å². The fourth-order valence-corrected chi connectivity index (χ4v) is 2.99. The molecule has 0 radical (unpaired) electrons. The number of hydrogen-bond donors (Lipinski definition) is 1. The van der Waals surface area contributed by atoms with E-state index in [4.69, 9.17) is 9.47 Å². The topological polar surface area (TPSA) is 63.7 Å². The van der Waals surface area contributed by atoms with Gasteiger partial charge in [-0.15, -0.1) is 0 Å². The lowest BCUT2D eigenvalue weighted by molar-refractivity contribution is -0.122. The van der Waals surface area contributed by atoms with Crippen molar-refractivity contribution in [1.82, 2.24) is 4.98 Å². The van der Waals surface area contributed by atoms with Crippen LogP contribution in [-0.4, -0.2) is 43.3 Å². The molecule has 1 aliphatic rings. The zero-order chi connectivity index (χ0) is 20.1. The standard InChI is InChI=1S/C22H29N3O3/c1-16(28-19-8-5-17(6-9-19)22(2,3)4)21(26)24-20-10-7-18(15-23-20)25-11-13-27-14-12-25/h5-10,15-16H,11-14H2,1-4H3,(H,23,24,26). The lowest BCUT2D eigenvalue weighted by Crippen LogP contribution is -2.36. The average Bonchev–Trinajstić information content (AvgIpc) is 2.69. The van der Waals surface area contributed by atoms with Crippen LogP contribution >= 0.6 is 0 Å². The third-order valence-electron chi connectivity index (χ3n) is 4.78. The summed E-state index contributed by atoms with van der Waals surface area (Å²) < 4.78 is 11.1. The minimum absolute atomic E-state index is 0.0839. The Morgan fingerprint density at radius 1 is 1.14 bits per heavy atom. The smallest absolute Gasteiger partial charge is 0.266 e. The Balaban J connectivity index is 1.55. The predicted molar refractivity (Wildman–Crippen MR) is 111 cm³/mol. The molecule has 3 rings (SSSR count). The summed E-state index contributed by atoms with van der Waals surface area (Å²) in [6.07, 6.45) is 1.15. The van der Waals surface area contributed by atoms with Gasteiger partial charge in [0.2, 0.25) is 0 Å². The van der Waals surface area contributed by atoms with Gasteiger partial charge in [-0.3, -0.25) is 4.79 Å². The van der Waals surface area contributed by atoms with Gasteiger partial charge in [-0.1, -0.05) is 32.9 Å². The van der Waals surface area contributed by atoms with Gasteiger partial charge in [0.15, 0.2) is 6.10 Å². The number of ether oxygens (including phenoxy) is 2. The van der Waals surface area contributed by atoms with E-state index < -0.39 is 6.10 Å². The summed E-state index contributed by atoms with van der Waals surface area (Å²) in [5.41, 5.74) is 2.34. The minimum atomic E-state index is -0.624. The molecule has 1 unspecified atom stereocenters. The highest BCUT2D eigenvalue weighted by atomic mass is 16.5. The van der Waals surface area contributed by atoms with Gasteiger partial charge in [0.25, 0.3) is 5.91 Å². The number of carbonyl (C=O) groups excluding carboxylic acids is 1. The van der Waals surface area contributed by atoms with Gasteiger partial charge in [0, 0.05) is 13.1 Å². The number of anilines is 2. The van der Waals surface area contributed by atoms with Gasteiger partial charge in [0.1, 0.15) is 11.6 Å². The summed E-state index contributed by atoms with van der Waals surface area (Å²) in [5.74, 6) is 0.957. The van der Waals surface area contributed by atoms with Gasteiger partial charge in [0.05, 0.1) is 25.1 Å². The van der Waals surface area contributed by atoms with E-state index in [2.05, 4.69) is 36.0 Å². The molecule has 6 nitrogen and oxygen atoms in total. The molecule has 2 aromatic rings. The molecule has 1 atom stereocenters. The maximum absolute atomic E-state index is 12.4. The maximum atomic E-state index is 12.4. The van der Waals surface area contributed by atoms with Crippen LogP contribution in [0.4, 0.5) is 11.5 Å². The molecule has 1 amide bonds. The molecule has 1 aromatic carbocycles. The Kier molecular flexibility index (Phi) is 6.19. The van der Waals surface area contributed by atoms with Crippen molar-refractivity contribution in [3.8, 4) is 5.75 Å². The van der Waals surface area contributed by atoms with Crippen LogP contribution in [0.25, 0.3) is 0 Å². The van der Waals surface area contributed by atoms with E-state index in [0.717, 1.165) is 32.0 Å². The van der Waals surface area contributed by atoms with Crippen molar-refractivity contribution in [1.29, 1.82) is 0 Å². The lowest BCUT2D eigenvalue weighted by atomic mass is 9.87. The molecule has 1 saturated heterocycles. The van der Waals surface area contributed by atoms with Crippen LogP contribution < -0.4 is 15.0 Å². The SMILES string of the molecule is CC(Oc1ccc(C(C)(C)C)cc1)C(=O)Nc1ccc(N2CCOCC2)cn1. The van der Waals surface area contributed by atoms with Gasteiger partial charge in [-0.25, -0.2) is 4.98 Å². The lowest BCUT2D eigenvalue weighted by Gasteiger charge is -2.28. The average molecular weight is 383 g/mol. The quantitative estimate of drug-likeness (QED) is 0.854. The largest absolute Gasteiger partial charge is 0.481 e.